The number of aryl methyl sites for hydroxylation is 1. The Morgan fingerprint density at radius 1 is 0.920 bits per heavy atom. The number of hydrogen-bond acceptors (Lipinski definition) is 4. The lowest BCUT2D eigenvalue weighted by molar-refractivity contribution is -0.385. The molecule has 0 radical (unpaired) electrons. The summed E-state index contributed by atoms with van der Waals surface area (Å²) < 4.78 is 5.80. The Morgan fingerprint density at radius 3 is 2.40 bits per heavy atom. The average molecular weight is 331 g/mol. The lowest BCUT2D eigenvalue weighted by atomic mass is 10.00. The van der Waals surface area contributed by atoms with Crippen molar-refractivity contribution in [1.29, 1.82) is 0 Å². The summed E-state index contributed by atoms with van der Waals surface area (Å²) in [6.07, 6.45) is 0. The van der Waals surface area contributed by atoms with Gasteiger partial charge in [0.1, 0.15) is 11.2 Å². The van der Waals surface area contributed by atoms with Crippen molar-refractivity contribution in [3.8, 4) is 0 Å². The molecule has 0 atom stereocenters. The van der Waals surface area contributed by atoms with Crippen LogP contribution in [0.3, 0.4) is 0 Å². The van der Waals surface area contributed by atoms with Crippen LogP contribution in [0.25, 0.3) is 21.9 Å². The van der Waals surface area contributed by atoms with E-state index in [1.165, 1.54) is 6.07 Å². The lowest BCUT2D eigenvalue weighted by Crippen LogP contribution is -2.03. The van der Waals surface area contributed by atoms with Crippen molar-refractivity contribution in [1.82, 2.24) is 0 Å². The van der Waals surface area contributed by atoms with Crippen molar-refractivity contribution in [2.45, 2.75) is 6.92 Å². The fourth-order valence-electron chi connectivity index (χ4n) is 2.98. The summed E-state index contributed by atoms with van der Waals surface area (Å²) in [4.78, 5) is 23.3. The van der Waals surface area contributed by atoms with E-state index in [0.29, 0.717) is 16.7 Å². The van der Waals surface area contributed by atoms with Crippen molar-refractivity contribution in [3.05, 3.63) is 87.5 Å². The Bertz CT molecular complexity index is 1160. The molecule has 0 aliphatic heterocycles. The number of nitro benzene ring substituents is 1. The molecule has 0 aliphatic rings. The van der Waals surface area contributed by atoms with E-state index < -0.39 is 4.92 Å². The molecule has 122 valence electrons. The number of benzene rings is 3. The van der Waals surface area contributed by atoms with E-state index >= 15 is 0 Å². The van der Waals surface area contributed by atoms with E-state index in [-0.39, 0.29) is 17.0 Å². The number of carbonyl (C=O) groups excluding carboxylic acids is 1. The summed E-state index contributed by atoms with van der Waals surface area (Å²) in [6, 6.07) is 17.4. The monoisotopic (exact) mass is 331 g/mol. The Balaban J connectivity index is 1.81. The topological polar surface area (TPSA) is 73.3 Å². The molecule has 0 unspecified atom stereocenters. The molecule has 0 saturated carbocycles. The highest BCUT2D eigenvalue weighted by molar-refractivity contribution is 6.13. The Morgan fingerprint density at radius 2 is 1.60 bits per heavy atom. The predicted octanol–water partition coefficient (Wildman–Crippen LogP) is 5.03. The highest BCUT2D eigenvalue weighted by atomic mass is 16.6. The fourth-order valence-corrected chi connectivity index (χ4v) is 2.98. The van der Waals surface area contributed by atoms with Crippen LogP contribution in [-0.4, -0.2) is 10.7 Å². The molecular formula is C20H13NO4. The van der Waals surface area contributed by atoms with Crippen molar-refractivity contribution < 1.29 is 14.1 Å². The summed E-state index contributed by atoms with van der Waals surface area (Å²) in [7, 11) is 0. The summed E-state index contributed by atoms with van der Waals surface area (Å²) in [5, 5.41) is 13.0. The molecule has 5 nitrogen and oxygen atoms in total. The van der Waals surface area contributed by atoms with Crippen molar-refractivity contribution >= 4 is 33.4 Å². The van der Waals surface area contributed by atoms with Gasteiger partial charge in [-0.3, -0.25) is 14.9 Å². The van der Waals surface area contributed by atoms with E-state index in [1.54, 1.807) is 31.2 Å². The number of para-hydroxylation sites is 1. The van der Waals surface area contributed by atoms with E-state index in [9.17, 15) is 14.9 Å². The zero-order valence-corrected chi connectivity index (χ0v) is 13.4. The van der Waals surface area contributed by atoms with Gasteiger partial charge in [-0.1, -0.05) is 36.4 Å². The van der Waals surface area contributed by atoms with E-state index in [1.807, 2.05) is 30.3 Å². The van der Waals surface area contributed by atoms with Gasteiger partial charge in [0.25, 0.3) is 5.69 Å². The third-order valence-electron chi connectivity index (χ3n) is 4.31. The smallest absolute Gasteiger partial charge is 0.273 e. The molecule has 25 heavy (non-hydrogen) atoms. The van der Waals surface area contributed by atoms with Crippen LogP contribution in [0.1, 0.15) is 21.5 Å². The Hall–Kier alpha value is -3.47. The molecule has 1 aromatic heterocycles. The second kappa shape index (κ2) is 5.56. The summed E-state index contributed by atoms with van der Waals surface area (Å²) in [5.74, 6) is -0.273. The third kappa shape index (κ3) is 2.46. The highest BCUT2D eigenvalue weighted by Crippen LogP contribution is 2.30. The van der Waals surface area contributed by atoms with Crippen LogP contribution in [0.5, 0.6) is 0 Å². The van der Waals surface area contributed by atoms with Gasteiger partial charge in [-0.15, -0.1) is 0 Å². The first kappa shape index (κ1) is 15.1. The van der Waals surface area contributed by atoms with Crippen LogP contribution in [0.2, 0.25) is 0 Å². The van der Waals surface area contributed by atoms with E-state index in [0.717, 1.165) is 16.4 Å². The third-order valence-corrected chi connectivity index (χ3v) is 4.31. The minimum absolute atomic E-state index is 0.0596. The Kier molecular flexibility index (Phi) is 3.35. The molecule has 1 heterocycles. The number of carbonyl (C=O) groups is 1. The molecule has 0 N–H and O–H groups in total. The van der Waals surface area contributed by atoms with Crippen molar-refractivity contribution in [3.63, 3.8) is 0 Å². The fraction of sp³-hybridized carbons (Fsp3) is 0.0500. The molecule has 5 heteroatoms. The number of rotatable bonds is 3. The quantitative estimate of drug-likeness (QED) is 0.300. The standard InChI is InChI=1S/C20H13NO4/c1-12-6-7-13(10-17(12)21(23)24)20(22)14-8-9-16-15-4-2-3-5-18(15)25-19(16)11-14/h2-11H,1H3. The number of fused-ring (bicyclic) bond motifs is 3. The maximum atomic E-state index is 12.7. The largest absolute Gasteiger partial charge is 0.456 e. The maximum Gasteiger partial charge on any atom is 0.273 e. The number of furan rings is 1. The average Bonchev–Trinajstić information content (AvgIpc) is 2.99. The van der Waals surface area contributed by atoms with Gasteiger partial charge in [-0.2, -0.15) is 0 Å². The first-order valence-electron chi connectivity index (χ1n) is 7.75. The second-order valence-corrected chi connectivity index (χ2v) is 5.90. The number of ketones is 1. The van der Waals surface area contributed by atoms with Gasteiger partial charge >= 0.3 is 0 Å². The number of nitrogens with zero attached hydrogens (tertiary/aromatic N) is 1. The molecule has 0 saturated heterocycles. The van der Waals surface area contributed by atoms with Crippen molar-refractivity contribution in [2.75, 3.05) is 0 Å². The zero-order chi connectivity index (χ0) is 17.6. The van der Waals surface area contributed by atoms with Gasteiger partial charge in [-0.05, 0) is 25.1 Å². The van der Waals surface area contributed by atoms with Crippen LogP contribution in [0.15, 0.2) is 65.1 Å². The minimum atomic E-state index is -0.478. The Labute approximate surface area is 142 Å². The summed E-state index contributed by atoms with van der Waals surface area (Å²) in [6.45, 7) is 1.65. The van der Waals surface area contributed by atoms with Gasteiger partial charge in [0, 0.05) is 33.5 Å². The van der Waals surface area contributed by atoms with E-state index in [2.05, 4.69) is 0 Å². The lowest BCUT2D eigenvalue weighted by Gasteiger charge is -2.03. The van der Waals surface area contributed by atoms with Gasteiger partial charge < -0.3 is 4.42 Å². The van der Waals surface area contributed by atoms with E-state index in [4.69, 9.17) is 4.42 Å². The molecule has 0 aliphatic carbocycles. The molecule has 0 amide bonds. The normalized spacial score (nSPS) is 11.1. The van der Waals surface area contributed by atoms with Crippen molar-refractivity contribution in [2.24, 2.45) is 0 Å². The number of nitro groups is 1. The predicted molar refractivity (Wildman–Crippen MR) is 95.0 cm³/mol. The molecule has 0 bridgehead atoms. The first-order chi connectivity index (χ1) is 12.0. The molecular weight excluding hydrogens is 318 g/mol. The SMILES string of the molecule is Cc1ccc(C(=O)c2ccc3c(c2)oc2ccccc23)cc1[N+](=O)[O-]. The molecule has 0 spiro atoms. The van der Waals surface area contributed by atoms with Crippen LogP contribution < -0.4 is 0 Å². The molecule has 4 rings (SSSR count). The van der Waals surface area contributed by atoms with Gasteiger partial charge in [0.05, 0.1) is 4.92 Å². The molecule has 0 fully saturated rings. The number of hydrogen-bond donors (Lipinski definition) is 0. The van der Waals surface area contributed by atoms with Gasteiger partial charge in [0.15, 0.2) is 5.78 Å². The highest BCUT2D eigenvalue weighted by Gasteiger charge is 2.17. The van der Waals surface area contributed by atoms with Crippen LogP contribution >= 0.6 is 0 Å². The van der Waals surface area contributed by atoms with Crippen LogP contribution in [-0.2, 0) is 0 Å². The molecule has 3 aromatic carbocycles. The van der Waals surface area contributed by atoms with Gasteiger partial charge in [0.2, 0.25) is 0 Å². The second-order valence-electron chi connectivity index (χ2n) is 5.90. The first-order valence-corrected chi connectivity index (χ1v) is 7.75. The molecule has 4 aromatic rings. The summed E-state index contributed by atoms with van der Waals surface area (Å²) in [5.41, 5.74) is 2.56. The maximum absolute atomic E-state index is 12.7. The van der Waals surface area contributed by atoms with Gasteiger partial charge in [-0.25, -0.2) is 0 Å². The van der Waals surface area contributed by atoms with Crippen LogP contribution in [0, 0.1) is 17.0 Å². The summed E-state index contributed by atoms with van der Waals surface area (Å²) >= 11 is 0. The van der Waals surface area contributed by atoms with Crippen LogP contribution in [0.4, 0.5) is 5.69 Å². The minimum Gasteiger partial charge on any atom is -0.456 e. The zero-order valence-electron chi connectivity index (χ0n) is 13.4.